The molecule has 0 bridgehead atoms. The predicted molar refractivity (Wildman–Crippen MR) is 136 cm³/mol. The maximum atomic E-state index is 13.3. The van der Waals surface area contributed by atoms with E-state index in [0.29, 0.717) is 27.3 Å². The summed E-state index contributed by atoms with van der Waals surface area (Å²) in [4.78, 5) is 44.6. The lowest BCUT2D eigenvalue weighted by Crippen LogP contribution is -2.28. The number of aliphatic hydroxyl groups excluding tert-OH is 1. The second kappa shape index (κ2) is 8.58. The van der Waals surface area contributed by atoms with E-state index < -0.39 is 23.7 Å². The maximum Gasteiger partial charge on any atom is 0.335 e. The summed E-state index contributed by atoms with van der Waals surface area (Å²) in [6.07, 6.45) is 1.65. The molecule has 10 heteroatoms. The number of Topliss-reactive ketones (excluding diaryl/α,β-unsaturated/α-hetero) is 1. The van der Waals surface area contributed by atoms with Gasteiger partial charge in [-0.2, -0.15) is 0 Å². The molecule has 6 rings (SSSR count). The van der Waals surface area contributed by atoms with E-state index in [0.717, 1.165) is 35.5 Å². The van der Waals surface area contributed by atoms with Gasteiger partial charge in [-0.05, 0) is 66.2 Å². The molecule has 0 radical (unpaired) electrons. The summed E-state index contributed by atoms with van der Waals surface area (Å²) in [5, 5.41) is 22.8. The van der Waals surface area contributed by atoms with Gasteiger partial charge < -0.3 is 14.9 Å². The molecular weight excluding hydrogens is 500 g/mol. The Bertz CT molecular complexity index is 1590. The van der Waals surface area contributed by atoms with Crippen molar-refractivity contribution in [1.29, 1.82) is 0 Å². The number of carboxylic acid groups (broad SMARTS) is 1. The summed E-state index contributed by atoms with van der Waals surface area (Å²) in [6.45, 7) is 0.637. The van der Waals surface area contributed by atoms with Crippen molar-refractivity contribution >= 4 is 61.4 Å². The Morgan fingerprint density at radius 2 is 1.92 bits per heavy atom. The minimum atomic E-state index is -1.07. The molecule has 2 aromatic carbocycles. The first-order valence-corrected chi connectivity index (χ1v) is 12.9. The van der Waals surface area contributed by atoms with Gasteiger partial charge in [0.1, 0.15) is 17.6 Å². The van der Waals surface area contributed by atoms with Crippen LogP contribution in [-0.4, -0.2) is 39.5 Å². The summed E-state index contributed by atoms with van der Waals surface area (Å²) in [5.41, 5.74) is 1.99. The van der Waals surface area contributed by atoms with Crippen molar-refractivity contribution in [2.45, 2.75) is 18.9 Å². The first-order chi connectivity index (χ1) is 17.4. The third-order valence-corrected chi connectivity index (χ3v) is 8.21. The van der Waals surface area contributed by atoms with Crippen LogP contribution < -0.4 is 9.64 Å². The van der Waals surface area contributed by atoms with E-state index in [4.69, 9.17) is 4.74 Å². The number of thiazole rings is 1. The molecule has 2 aromatic heterocycles. The number of aromatic nitrogens is 1. The number of hydrogen-bond acceptors (Lipinski definition) is 8. The SMILES string of the molecule is O=C1C(=O)N(c2nc3ccc(C(=O)O)cc3s2)C(c2cccs2)/C1=C(\O)c1ccc2c(c1)CCCO2. The monoisotopic (exact) mass is 518 g/mol. The van der Waals surface area contributed by atoms with Crippen LogP contribution in [-0.2, 0) is 16.0 Å². The summed E-state index contributed by atoms with van der Waals surface area (Å²) < 4.78 is 6.24. The number of carbonyl (C=O) groups is 3. The number of ether oxygens (including phenoxy) is 1. The molecule has 2 N–H and O–H groups in total. The van der Waals surface area contributed by atoms with Gasteiger partial charge in [0, 0.05) is 10.4 Å². The third kappa shape index (κ3) is 3.57. The number of carboxylic acids is 1. The predicted octanol–water partition coefficient (Wildman–Crippen LogP) is 5.01. The van der Waals surface area contributed by atoms with Crippen LogP contribution in [0.1, 0.15) is 38.8 Å². The van der Waals surface area contributed by atoms with Gasteiger partial charge in [-0.25, -0.2) is 9.78 Å². The van der Waals surface area contributed by atoms with E-state index in [1.54, 1.807) is 30.3 Å². The molecule has 180 valence electrons. The minimum Gasteiger partial charge on any atom is -0.507 e. The topological polar surface area (TPSA) is 117 Å². The average Bonchev–Trinajstić information content (AvgIpc) is 3.61. The second-order valence-electron chi connectivity index (χ2n) is 8.44. The second-order valence-corrected chi connectivity index (χ2v) is 10.4. The molecular formula is C26H18N2O6S2. The number of aryl methyl sites for hydroxylation is 1. The smallest absolute Gasteiger partial charge is 0.335 e. The number of aromatic carboxylic acids is 1. The normalized spacial score (nSPS) is 18.9. The lowest BCUT2D eigenvalue weighted by Gasteiger charge is -2.22. The van der Waals surface area contributed by atoms with Crippen molar-refractivity contribution in [2.24, 2.45) is 0 Å². The molecule has 4 aromatic rings. The Hall–Kier alpha value is -4.02. The molecule has 0 spiro atoms. The molecule has 36 heavy (non-hydrogen) atoms. The van der Waals surface area contributed by atoms with Crippen LogP contribution in [0.5, 0.6) is 5.75 Å². The number of benzene rings is 2. The summed E-state index contributed by atoms with van der Waals surface area (Å²) in [6, 6.07) is 12.5. The molecule has 2 aliphatic rings. The van der Waals surface area contributed by atoms with Crippen molar-refractivity contribution in [3.63, 3.8) is 0 Å². The number of ketones is 1. The van der Waals surface area contributed by atoms with Crippen LogP contribution in [0.25, 0.3) is 16.0 Å². The van der Waals surface area contributed by atoms with Gasteiger partial charge in [0.2, 0.25) is 0 Å². The Morgan fingerprint density at radius 3 is 2.69 bits per heavy atom. The Balaban J connectivity index is 1.50. The van der Waals surface area contributed by atoms with Crippen LogP contribution in [0.15, 0.2) is 59.5 Å². The van der Waals surface area contributed by atoms with Crippen LogP contribution in [0.3, 0.4) is 0 Å². The van der Waals surface area contributed by atoms with Crippen LogP contribution in [0.4, 0.5) is 5.13 Å². The van der Waals surface area contributed by atoms with Gasteiger partial charge in [-0.1, -0.05) is 17.4 Å². The van der Waals surface area contributed by atoms with Crippen molar-refractivity contribution < 1.29 is 29.3 Å². The van der Waals surface area contributed by atoms with E-state index >= 15 is 0 Å². The zero-order valence-corrected chi connectivity index (χ0v) is 20.3. The zero-order chi connectivity index (χ0) is 25.0. The highest BCUT2D eigenvalue weighted by Crippen LogP contribution is 2.45. The third-order valence-electron chi connectivity index (χ3n) is 6.27. The number of thiophene rings is 1. The summed E-state index contributed by atoms with van der Waals surface area (Å²) >= 11 is 2.49. The van der Waals surface area contributed by atoms with E-state index in [1.807, 2.05) is 11.4 Å². The minimum absolute atomic E-state index is 0.00962. The standard InChI is InChI=1S/C26H18N2O6S2/c29-22(14-6-8-17-13(11-14)3-1-9-34-17)20-21(18-4-2-10-35-18)28(24(31)23(20)30)26-27-16-7-5-15(25(32)33)12-19(16)36-26/h2,4-8,10-12,21,29H,1,3,9H2,(H,32,33)/b22-20+. The first-order valence-electron chi connectivity index (χ1n) is 11.2. The summed E-state index contributed by atoms with van der Waals surface area (Å²) in [5.74, 6) is -2.17. The van der Waals surface area contributed by atoms with Crippen LogP contribution in [0.2, 0.25) is 0 Å². The first kappa shape index (κ1) is 22.4. The molecule has 1 fully saturated rings. The fraction of sp³-hybridized carbons (Fsp3) is 0.154. The molecule has 8 nitrogen and oxygen atoms in total. The van der Waals surface area contributed by atoms with E-state index in [1.165, 1.54) is 28.4 Å². The van der Waals surface area contributed by atoms with Gasteiger partial charge in [-0.3, -0.25) is 14.5 Å². The average molecular weight is 519 g/mol. The quantitative estimate of drug-likeness (QED) is 0.222. The Kier molecular flexibility index (Phi) is 5.35. The van der Waals surface area contributed by atoms with Crippen molar-refractivity contribution in [2.75, 3.05) is 11.5 Å². The van der Waals surface area contributed by atoms with E-state index in [-0.39, 0.29) is 22.0 Å². The molecule has 0 saturated carbocycles. The fourth-order valence-corrected chi connectivity index (χ4v) is 6.41. The fourth-order valence-electron chi connectivity index (χ4n) is 4.56. The van der Waals surface area contributed by atoms with E-state index in [2.05, 4.69) is 4.98 Å². The Morgan fingerprint density at radius 1 is 1.08 bits per heavy atom. The number of anilines is 1. The molecule has 4 heterocycles. The van der Waals surface area contributed by atoms with Crippen LogP contribution in [0, 0.1) is 0 Å². The summed E-state index contributed by atoms with van der Waals surface area (Å²) in [7, 11) is 0. The van der Waals surface area contributed by atoms with Crippen molar-refractivity contribution in [1.82, 2.24) is 4.98 Å². The van der Waals surface area contributed by atoms with Gasteiger partial charge in [0.15, 0.2) is 5.13 Å². The van der Waals surface area contributed by atoms with Crippen molar-refractivity contribution in [3.8, 4) is 5.75 Å². The maximum absolute atomic E-state index is 13.3. The van der Waals surface area contributed by atoms with Gasteiger partial charge in [0.05, 0.1) is 28.0 Å². The molecule has 0 aliphatic carbocycles. The number of aliphatic hydroxyl groups is 1. The molecule has 1 saturated heterocycles. The molecule has 1 unspecified atom stereocenters. The number of nitrogens with zero attached hydrogens (tertiary/aromatic N) is 2. The largest absolute Gasteiger partial charge is 0.507 e. The molecule has 1 amide bonds. The molecule has 2 aliphatic heterocycles. The molecule has 1 atom stereocenters. The number of amides is 1. The number of rotatable bonds is 4. The Labute approximate surface area is 212 Å². The lowest BCUT2D eigenvalue weighted by atomic mass is 9.97. The highest BCUT2D eigenvalue weighted by molar-refractivity contribution is 7.22. The van der Waals surface area contributed by atoms with Crippen LogP contribution >= 0.6 is 22.7 Å². The number of fused-ring (bicyclic) bond motifs is 2. The van der Waals surface area contributed by atoms with Gasteiger partial charge in [0.25, 0.3) is 5.78 Å². The lowest BCUT2D eigenvalue weighted by molar-refractivity contribution is -0.132. The highest BCUT2D eigenvalue weighted by atomic mass is 32.1. The number of carbonyl (C=O) groups excluding carboxylic acids is 2. The highest BCUT2D eigenvalue weighted by Gasteiger charge is 2.48. The zero-order valence-electron chi connectivity index (χ0n) is 18.6. The number of hydrogen-bond donors (Lipinski definition) is 2. The van der Waals surface area contributed by atoms with Crippen molar-refractivity contribution in [3.05, 3.63) is 81.1 Å². The van der Waals surface area contributed by atoms with Gasteiger partial charge in [-0.15, -0.1) is 11.3 Å². The van der Waals surface area contributed by atoms with Gasteiger partial charge >= 0.3 is 11.9 Å². The van der Waals surface area contributed by atoms with E-state index in [9.17, 15) is 24.6 Å².